The van der Waals surface area contributed by atoms with Gasteiger partial charge >= 0.3 is 0 Å². The van der Waals surface area contributed by atoms with Gasteiger partial charge < -0.3 is 10.1 Å². The van der Waals surface area contributed by atoms with Crippen molar-refractivity contribution < 1.29 is 4.74 Å². The predicted molar refractivity (Wildman–Crippen MR) is 78.7 cm³/mol. The van der Waals surface area contributed by atoms with Crippen LogP contribution in [0.4, 0.5) is 0 Å². The lowest BCUT2D eigenvalue weighted by Crippen LogP contribution is -2.34. The molecule has 1 aliphatic heterocycles. The van der Waals surface area contributed by atoms with E-state index in [1.165, 1.54) is 22.9 Å². The molecule has 0 amide bonds. The van der Waals surface area contributed by atoms with E-state index in [2.05, 4.69) is 52.4 Å². The van der Waals surface area contributed by atoms with Gasteiger partial charge in [0.05, 0.1) is 6.61 Å². The van der Waals surface area contributed by atoms with Crippen LogP contribution in [0.15, 0.2) is 28.7 Å². The zero-order chi connectivity index (χ0) is 12.8. The van der Waals surface area contributed by atoms with Crippen molar-refractivity contribution in [2.24, 2.45) is 5.92 Å². The SMILES string of the molecule is CCCNC(c1ccccc1Br)C1CCCOC1. The molecule has 1 N–H and O–H groups in total. The zero-order valence-corrected chi connectivity index (χ0v) is 12.6. The number of benzene rings is 1. The molecule has 2 nitrogen and oxygen atoms in total. The summed E-state index contributed by atoms with van der Waals surface area (Å²) in [6.07, 6.45) is 3.59. The Balaban J connectivity index is 2.15. The molecule has 100 valence electrons. The fourth-order valence-electron chi connectivity index (χ4n) is 2.59. The minimum atomic E-state index is 0.404. The van der Waals surface area contributed by atoms with Gasteiger partial charge in [-0.2, -0.15) is 0 Å². The molecule has 1 aliphatic rings. The van der Waals surface area contributed by atoms with Gasteiger partial charge in [-0.15, -0.1) is 0 Å². The molecule has 1 aromatic carbocycles. The van der Waals surface area contributed by atoms with Crippen molar-refractivity contribution in [2.45, 2.75) is 32.2 Å². The Kier molecular flexibility index (Phi) is 5.67. The second kappa shape index (κ2) is 7.27. The molecule has 18 heavy (non-hydrogen) atoms. The minimum Gasteiger partial charge on any atom is -0.381 e. The maximum Gasteiger partial charge on any atom is 0.0512 e. The van der Waals surface area contributed by atoms with Crippen molar-refractivity contribution in [1.29, 1.82) is 0 Å². The van der Waals surface area contributed by atoms with E-state index in [0.29, 0.717) is 12.0 Å². The van der Waals surface area contributed by atoms with Crippen molar-refractivity contribution in [3.05, 3.63) is 34.3 Å². The fraction of sp³-hybridized carbons (Fsp3) is 0.600. The lowest BCUT2D eigenvalue weighted by Gasteiger charge is -2.32. The minimum absolute atomic E-state index is 0.404. The molecule has 0 aliphatic carbocycles. The van der Waals surface area contributed by atoms with E-state index in [1.807, 2.05) is 0 Å². The van der Waals surface area contributed by atoms with Crippen molar-refractivity contribution in [2.75, 3.05) is 19.8 Å². The van der Waals surface area contributed by atoms with Crippen molar-refractivity contribution in [3.8, 4) is 0 Å². The number of nitrogens with one attached hydrogen (secondary N) is 1. The van der Waals surface area contributed by atoms with E-state index in [1.54, 1.807) is 0 Å². The number of rotatable bonds is 5. The molecule has 1 fully saturated rings. The van der Waals surface area contributed by atoms with Gasteiger partial charge in [0.1, 0.15) is 0 Å². The molecule has 2 atom stereocenters. The van der Waals surface area contributed by atoms with Gasteiger partial charge in [0.25, 0.3) is 0 Å². The van der Waals surface area contributed by atoms with E-state index < -0.39 is 0 Å². The molecule has 1 heterocycles. The molecule has 0 bridgehead atoms. The summed E-state index contributed by atoms with van der Waals surface area (Å²) in [5.41, 5.74) is 1.36. The van der Waals surface area contributed by atoms with Crippen LogP contribution < -0.4 is 5.32 Å². The summed E-state index contributed by atoms with van der Waals surface area (Å²) in [4.78, 5) is 0. The van der Waals surface area contributed by atoms with Gasteiger partial charge in [-0.3, -0.25) is 0 Å². The van der Waals surface area contributed by atoms with Crippen LogP contribution in [0.2, 0.25) is 0 Å². The Bertz CT molecular complexity index is 363. The molecule has 2 rings (SSSR count). The Morgan fingerprint density at radius 3 is 2.94 bits per heavy atom. The van der Waals surface area contributed by atoms with Crippen LogP contribution >= 0.6 is 15.9 Å². The second-order valence-corrected chi connectivity index (χ2v) is 5.78. The molecule has 2 unspecified atom stereocenters. The topological polar surface area (TPSA) is 21.3 Å². The highest BCUT2D eigenvalue weighted by Gasteiger charge is 2.26. The predicted octanol–water partition coefficient (Wildman–Crippen LogP) is 3.92. The molecule has 1 aromatic rings. The molecule has 0 spiro atoms. The highest BCUT2D eigenvalue weighted by Crippen LogP contribution is 2.32. The standard InChI is InChI=1S/C15H22BrNO/c1-2-9-17-15(12-6-5-10-18-11-12)13-7-3-4-8-14(13)16/h3-4,7-8,12,15,17H,2,5-6,9-11H2,1H3. The summed E-state index contributed by atoms with van der Waals surface area (Å²) in [6, 6.07) is 8.93. The largest absolute Gasteiger partial charge is 0.381 e. The van der Waals surface area contributed by atoms with Gasteiger partial charge in [-0.1, -0.05) is 41.1 Å². The van der Waals surface area contributed by atoms with Gasteiger partial charge in [0, 0.05) is 23.0 Å². The number of hydrogen-bond acceptors (Lipinski definition) is 2. The second-order valence-electron chi connectivity index (χ2n) is 4.93. The molecule has 0 radical (unpaired) electrons. The van der Waals surface area contributed by atoms with Gasteiger partial charge in [-0.05, 0) is 37.4 Å². The van der Waals surface area contributed by atoms with Crippen LogP contribution in [-0.2, 0) is 4.74 Å². The first-order valence-corrected chi connectivity index (χ1v) is 7.67. The Hall–Kier alpha value is -0.380. The third kappa shape index (κ3) is 3.56. The van der Waals surface area contributed by atoms with Gasteiger partial charge in [-0.25, -0.2) is 0 Å². The van der Waals surface area contributed by atoms with Crippen LogP contribution in [0.5, 0.6) is 0 Å². The number of hydrogen-bond donors (Lipinski definition) is 1. The summed E-state index contributed by atoms with van der Waals surface area (Å²) in [5, 5.41) is 3.69. The fourth-order valence-corrected chi connectivity index (χ4v) is 3.12. The average molecular weight is 312 g/mol. The maximum atomic E-state index is 5.65. The van der Waals surface area contributed by atoms with Crippen LogP contribution in [0, 0.1) is 5.92 Å². The van der Waals surface area contributed by atoms with Gasteiger partial charge in [0.2, 0.25) is 0 Å². The van der Waals surface area contributed by atoms with Crippen molar-refractivity contribution in [1.82, 2.24) is 5.32 Å². The first-order chi connectivity index (χ1) is 8.83. The number of ether oxygens (including phenoxy) is 1. The highest BCUT2D eigenvalue weighted by molar-refractivity contribution is 9.10. The van der Waals surface area contributed by atoms with Crippen LogP contribution in [0.3, 0.4) is 0 Å². The maximum absolute atomic E-state index is 5.65. The molecule has 1 saturated heterocycles. The van der Waals surface area contributed by atoms with E-state index >= 15 is 0 Å². The molecule has 0 saturated carbocycles. The molecular formula is C15H22BrNO. The average Bonchev–Trinajstić information content (AvgIpc) is 2.42. The van der Waals surface area contributed by atoms with E-state index in [9.17, 15) is 0 Å². The van der Waals surface area contributed by atoms with Crippen LogP contribution in [-0.4, -0.2) is 19.8 Å². The van der Waals surface area contributed by atoms with E-state index in [0.717, 1.165) is 26.2 Å². The van der Waals surface area contributed by atoms with Crippen LogP contribution in [0.25, 0.3) is 0 Å². The molecular weight excluding hydrogens is 290 g/mol. The number of halogens is 1. The highest BCUT2D eigenvalue weighted by atomic mass is 79.9. The lowest BCUT2D eigenvalue weighted by molar-refractivity contribution is 0.0389. The Morgan fingerprint density at radius 1 is 1.44 bits per heavy atom. The smallest absolute Gasteiger partial charge is 0.0512 e. The summed E-state index contributed by atoms with van der Waals surface area (Å²) in [5.74, 6) is 0.587. The monoisotopic (exact) mass is 311 g/mol. The quantitative estimate of drug-likeness (QED) is 0.890. The lowest BCUT2D eigenvalue weighted by atomic mass is 9.88. The van der Waals surface area contributed by atoms with Crippen LogP contribution in [0.1, 0.15) is 37.8 Å². The Morgan fingerprint density at radius 2 is 2.28 bits per heavy atom. The molecule has 3 heteroatoms. The van der Waals surface area contributed by atoms with E-state index in [-0.39, 0.29) is 0 Å². The zero-order valence-electron chi connectivity index (χ0n) is 11.0. The third-order valence-corrected chi connectivity index (χ3v) is 4.24. The first kappa shape index (κ1) is 14.0. The van der Waals surface area contributed by atoms with E-state index in [4.69, 9.17) is 4.74 Å². The molecule has 0 aromatic heterocycles. The summed E-state index contributed by atoms with van der Waals surface area (Å²) in [6.45, 7) is 5.07. The van der Waals surface area contributed by atoms with Gasteiger partial charge in [0.15, 0.2) is 0 Å². The summed E-state index contributed by atoms with van der Waals surface area (Å²) < 4.78 is 6.85. The normalized spacial score (nSPS) is 21.8. The summed E-state index contributed by atoms with van der Waals surface area (Å²) >= 11 is 3.67. The van der Waals surface area contributed by atoms with Crippen molar-refractivity contribution in [3.63, 3.8) is 0 Å². The summed E-state index contributed by atoms with van der Waals surface area (Å²) in [7, 11) is 0. The first-order valence-electron chi connectivity index (χ1n) is 6.88. The Labute approximate surface area is 118 Å². The third-order valence-electron chi connectivity index (χ3n) is 3.52. The van der Waals surface area contributed by atoms with Crippen molar-refractivity contribution >= 4 is 15.9 Å².